The fourth-order valence-electron chi connectivity index (χ4n) is 0.384. The van der Waals surface area contributed by atoms with Crippen LogP contribution in [-0.4, -0.2) is 25.5 Å². The van der Waals surface area contributed by atoms with Gasteiger partial charge in [-0.25, -0.2) is 0 Å². The van der Waals surface area contributed by atoms with Gasteiger partial charge in [0, 0.05) is 32.5 Å². The normalized spacial score (nSPS) is 11.6. The Hall–Kier alpha value is -0.700. The van der Waals surface area contributed by atoms with Gasteiger partial charge >= 0.3 is 0 Å². The highest BCUT2D eigenvalue weighted by molar-refractivity contribution is 4.95. The Kier molecular flexibility index (Phi) is 3.03. The van der Waals surface area contributed by atoms with E-state index in [4.69, 9.17) is 11.5 Å². The van der Waals surface area contributed by atoms with Gasteiger partial charge in [0.2, 0.25) is 0 Å². The van der Waals surface area contributed by atoms with Crippen molar-refractivity contribution in [3.63, 3.8) is 0 Å². The molecule has 0 radical (unpaired) electrons. The van der Waals surface area contributed by atoms with E-state index in [1.54, 1.807) is 6.20 Å². The summed E-state index contributed by atoms with van der Waals surface area (Å²) in [5.74, 6) is 0. The van der Waals surface area contributed by atoms with Crippen molar-refractivity contribution < 1.29 is 0 Å². The first-order chi connectivity index (χ1) is 3.66. The SMILES string of the molecule is CN(C)/C=C(\N)CN. The lowest BCUT2D eigenvalue weighted by atomic mass is 10.5. The van der Waals surface area contributed by atoms with Crippen molar-refractivity contribution in [3.05, 3.63) is 11.9 Å². The van der Waals surface area contributed by atoms with Crippen LogP contribution in [0.2, 0.25) is 0 Å². The van der Waals surface area contributed by atoms with E-state index in [0.29, 0.717) is 12.2 Å². The fourth-order valence-corrected chi connectivity index (χ4v) is 0.384. The lowest BCUT2D eigenvalue weighted by molar-refractivity contribution is 0.556. The highest BCUT2D eigenvalue weighted by Gasteiger charge is 1.82. The lowest BCUT2D eigenvalue weighted by Crippen LogP contribution is -2.15. The molecule has 3 nitrogen and oxygen atoms in total. The van der Waals surface area contributed by atoms with Gasteiger partial charge in [0.15, 0.2) is 0 Å². The largest absolute Gasteiger partial charge is 0.400 e. The van der Waals surface area contributed by atoms with Crippen LogP contribution in [0.15, 0.2) is 11.9 Å². The molecule has 0 aliphatic rings. The van der Waals surface area contributed by atoms with Crippen molar-refractivity contribution in [3.8, 4) is 0 Å². The Bertz CT molecular complexity index is 85.7. The first-order valence-corrected chi connectivity index (χ1v) is 2.49. The van der Waals surface area contributed by atoms with Crippen molar-refractivity contribution in [2.24, 2.45) is 11.5 Å². The van der Waals surface area contributed by atoms with E-state index < -0.39 is 0 Å². The average Bonchev–Trinajstić information content (AvgIpc) is 1.65. The molecule has 0 saturated carbocycles. The topological polar surface area (TPSA) is 55.3 Å². The van der Waals surface area contributed by atoms with E-state index in [1.807, 2.05) is 19.0 Å². The monoisotopic (exact) mass is 115 g/mol. The Balaban J connectivity index is 3.56. The molecule has 0 heterocycles. The van der Waals surface area contributed by atoms with E-state index in [0.717, 1.165) is 0 Å². The molecule has 48 valence electrons. The van der Waals surface area contributed by atoms with Crippen LogP contribution in [0.5, 0.6) is 0 Å². The molecule has 0 spiro atoms. The van der Waals surface area contributed by atoms with Crippen molar-refractivity contribution in [1.82, 2.24) is 4.90 Å². The summed E-state index contributed by atoms with van der Waals surface area (Å²) in [5.41, 5.74) is 11.3. The highest BCUT2D eigenvalue weighted by Crippen LogP contribution is 1.80. The minimum Gasteiger partial charge on any atom is -0.400 e. The second-order valence-corrected chi connectivity index (χ2v) is 1.87. The molecule has 0 rings (SSSR count). The standard InChI is InChI=1S/C5H13N3/c1-8(2)4-5(7)3-6/h4H,3,6-7H2,1-2H3/b5-4-. The molecule has 3 heteroatoms. The van der Waals surface area contributed by atoms with Crippen LogP contribution < -0.4 is 11.5 Å². The van der Waals surface area contributed by atoms with Gasteiger partial charge in [0.1, 0.15) is 0 Å². The lowest BCUT2D eigenvalue weighted by Gasteiger charge is -2.05. The van der Waals surface area contributed by atoms with Crippen molar-refractivity contribution in [2.75, 3.05) is 20.6 Å². The van der Waals surface area contributed by atoms with E-state index in [9.17, 15) is 0 Å². The molecule has 0 amide bonds. The molecule has 0 saturated heterocycles. The van der Waals surface area contributed by atoms with Crippen LogP contribution in [0.25, 0.3) is 0 Å². The zero-order valence-electron chi connectivity index (χ0n) is 5.39. The first-order valence-electron chi connectivity index (χ1n) is 2.49. The van der Waals surface area contributed by atoms with Gasteiger partial charge in [0.05, 0.1) is 0 Å². The number of nitrogens with zero attached hydrogens (tertiary/aromatic N) is 1. The van der Waals surface area contributed by atoms with Gasteiger partial charge in [-0.3, -0.25) is 0 Å². The summed E-state index contributed by atoms with van der Waals surface area (Å²) in [5, 5.41) is 0. The van der Waals surface area contributed by atoms with Gasteiger partial charge < -0.3 is 16.4 Å². The Morgan fingerprint density at radius 3 is 2.25 bits per heavy atom. The summed E-state index contributed by atoms with van der Waals surface area (Å²) >= 11 is 0. The zero-order chi connectivity index (χ0) is 6.57. The molecular weight excluding hydrogens is 102 g/mol. The molecule has 0 aromatic heterocycles. The van der Waals surface area contributed by atoms with Crippen LogP contribution >= 0.6 is 0 Å². The van der Waals surface area contributed by atoms with Crippen LogP contribution in [-0.2, 0) is 0 Å². The second-order valence-electron chi connectivity index (χ2n) is 1.87. The maximum atomic E-state index is 5.37. The second kappa shape index (κ2) is 3.32. The fraction of sp³-hybridized carbons (Fsp3) is 0.600. The molecule has 0 atom stereocenters. The molecule has 0 unspecified atom stereocenters. The predicted molar refractivity (Wildman–Crippen MR) is 35.0 cm³/mol. The average molecular weight is 115 g/mol. The third-order valence-electron chi connectivity index (χ3n) is 0.660. The van der Waals surface area contributed by atoms with Crippen LogP contribution in [0.3, 0.4) is 0 Å². The molecule has 0 aromatic carbocycles. The minimum absolute atomic E-state index is 0.429. The quantitative estimate of drug-likeness (QED) is 0.500. The Labute approximate surface area is 49.9 Å². The molecular formula is C5H13N3. The maximum absolute atomic E-state index is 5.37. The van der Waals surface area contributed by atoms with Crippen LogP contribution in [0, 0.1) is 0 Å². The van der Waals surface area contributed by atoms with Crippen LogP contribution in [0.1, 0.15) is 0 Å². The van der Waals surface area contributed by atoms with E-state index in [-0.39, 0.29) is 0 Å². The van der Waals surface area contributed by atoms with Gasteiger partial charge in [-0.1, -0.05) is 0 Å². The zero-order valence-corrected chi connectivity index (χ0v) is 5.39. The molecule has 0 aliphatic heterocycles. The third kappa shape index (κ3) is 3.49. The summed E-state index contributed by atoms with van der Waals surface area (Å²) in [6.45, 7) is 0.429. The molecule has 0 fully saturated rings. The Morgan fingerprint density at radius 1 is 1.62 bits per heavy atom. The van der Waals surface area contributed by atoms with E-state index in [2.05, 4.69) is 0 Å². The van der Waals surface area contributed by atoms with Gasteiger partial charge in [-0.05, 0) is 0 Å². The summed E-state index contributed by atoms with van der Waals surface area (Å²) in [6, 6.07) is 0. The van der Waals surface area contributed by atoms with Crippen LogP contribution in [0.4, 0.5) is 0 Å². The molecule has 0 bridgehead atoms. The summed E-state index contributed by atoms with van der Waals surface area (Å²) < 4.78 is 0. The summed E-state index contributed by atoms with van der Waals surface area (Å²) in [6.07, 6.45) is 1.79. The molecule has 8 heavy (non-hydrogen) atoms. The first kappa shape index (κ1) is 7.30. The van der Waals surface area contributed by atoms with Gasteiger partial charge in [-0.15, -0.1) is 0 Å². The van der Waals surface area contributed by atoms with E-state index >= 15 is 0 Å². The van der Waals surface area contributed by atoms with Crippen molar-refractivity contribution in [1.29, 1.82) is 0 Å². The van der Waals surface area contributed by atoms with Crippen molar-refractivity contribution in [2.45, 2.75) is 0 Å². The van der Waals surface area contributed by atoms with Gasteiger partial charge in [-0.2, -0.15) is 0 Å². The highest BCUT2D eigenvalue weighted by atomic mass is 15.0. The smallest absolute Gasteiger partial charge is 0.0380 e. The summed E-state index contributed by atoms with van der Waals surface area (Å²) in [7, 11) is 3.81. The number of hydrogen-bond acceptors (Lipinski definition) is 3. The van der Waals surface area contributed by atoms with Gasteiger partial charge in [0.25, 0.3) is 0 Å². The Morgan fingerprint density at radius 2 is 2.12 bits per heavy atom. The maximum Gasteiger partial charge on any atom is 0.0380 e. The molecule has 4 N–H and O–H groups in total. The number of nitrogens with two attached hydrogens (primary N) is 2. The summed E-state index contributed by atoms with van der Waals surface area (Å²) in [4.78, 5) is 1.86. The molecule has 0 aliphatic carbocycles. The minimum atomic E-state index is 0.429. The molecule has 0 aromatic rings. The van der Waals surface area contributed by atoms with E-state index in [1.165, 1.54) is 0 Å². The number of rotatable bonds is 2. The van der Waals surface area contributed by atoms with Crippen molar-refractivity contribution >= 4 is 0 Å². The third-order valence-corrected chi connectivity index (χ3v) is 0.660. The number of hydrogen-bond donors (Lipinski definition) is 2. The predicted octanol–water partition coefficient (Wildman–Crippen LogP) is -0.693.